The van der Waals surface area contributed by atoms with E-state index in [1.54, 1.807) is 0 Å². The van der Waals surface area contributed by atoms with Gasteiger partial charge in [0.15, 0.2) is 0 Å². The predicted molar refractivity (Wildman–Crippen MR) is 84.7 cm³/mol. The summed E-state index contributed by atoms with van der Waals surface area (Å²) in [6.07, 6.45) is 2.06. The summed E-state index contributed by atoms with van der Waals surface area (Å²) in [5.74, 6) is -0.958. The molecule has 4 nitrogen and oxygen atoms in total. The van der Waals surface area contributed by atoms with E-state index in [0.29, 0.717) is 31.0 Å². The number of benzene rings is 1. The van der Waals surface area contributed by atoms with E-state index in [1.807, 2.05) is 6.92 Å². The molecule has 1 saturated heterocycles. The molecule has 0 saturated carbocycles. The summed E-state index contributed by atoms with van der Waals surface area (Å²) in [5, 5.41) is 9.82. The van der Waals surface area contributed by atoms with Gasteiger partial charge in [0.1, 0.15) is 5.82 Å². The average Bonchev–Trinajstić information content (AvgIpc) is 2.50. The topological polar surface area (TPSA) is 57.6 Å². The number of nitrogens with zero attached hydrogens (tertiary/aromatic N) is 1. The van der Waals surface area contributed by atoms with Crippen molar-refractivity contribution >= 4 is 21.6 Å². The van der Waals surface area contributed by atoms with E-state index in [1.165, 1.54) is 22.5 Å². The summed E-state index contributed by atoms with van der Waals surface area (Å²) in [4.78, 5) is 0. The largest absolute Gasteiger partial charge is 0.396 e. The van der Waals surface area contributed by atoms with Crippen LogP contribution in [0.1, 0.15) is 31.7 Å². The minimum Gasteiger partial charge on any atom is -0.396 e. The Hall–Kier alpha value is -0.690. The Kier molecular flexibility index (Phi) is 5.48. The lowest BCUT2D eigenvalue weighted by Crippen LogP contribution is -2.44. The van der Waals surface area contributed by atoms with Crippen molar-refractivity contribution in [2.45, 2.75) is 31.9 Å². The maximum absolute atomic E-state index is 13.7. The van der Waals surface area contributed by atoms with Crippen molar-refractivity contribution in [3.05, 3.63) is 34.6 Å². The van der Waals surface area contributed by atoms with Gasteiger partial charge in [-0.15, -0.1) is 0 Å². The molecule has 1 fully saturated rings. The van der Waals surface area contributed by atoms with E-state index in [2.05, 4.69) is 0 Å². The van der Waals surface area contributed by atoms with Gasteiger partial charge in [-0.05, 0) is 42.9 Å². The highest BCUT2D eigenvalue weighted by atomic mass is 35.5. The van der Waals surface area contributed by atoms with Gasteiger partial charge in [-0.3, -0.25) is 0 Å². The Bertz CT molecular complexity index is 622. The molecule has 1 N–H and O–H groups in total. The lowest BCUT2D eigenvalue weighted by atomic mass is 9.77. The molecule has 1 aliphatic heterocycles. The molecular weight excluding hydrogens is 329 g/mol. The summed E-state index contributed by atoms with van der Waals surface area (Å²) in [5.41, 5.74) is -0.102. The molecule has 1 aromatic carbocycles. The van der Waals surface area contributed by atoms with Gasteiger partial charge in [-0.25, -0.2) is 17.1 Å². The van der Waals surface area contributed by atoms with Gasteiger partial charge in [0.25, 0.3) is 0 Å². The smallest absolute Gasteiger partial charge is 0.218 e. The molecule has 0 radical (unpaired) electrons. The molecule has 0 atom stereocenters. The second-order valence-electron chi connectivity index (χ2n) is 5.90. The number of hydrogen-bond acceptors (Lipinski definition) is 3. The van der Waals surface area contributed by atoms with Crippen LogP contribution in [0.2, 0.25) is 5.02 Å². The number of aliphatic hydroxyl groups is 1. The molecule has 0 aromatic heterocycles. The lowest BCUT2D eigenvalue weighted by Gasteiger charge is -2.39. The quantitative estimate of drug-likeness (QED) is 0.889. The van der Waals surface area contributed by atoms with E-state index in [4.69, 9.17) is 11.6 Å². The Balaban J connectivity index is 2.10. The van der Waals surface area contributed by atoms with Crippen molar-refractivity contribution in [1.29, 1.82) is 0 Å². The summed E-state index contributed by atoms with van der Waals surface area (Å²) in [7, 11) is -3.59. The van der Waals surface area contributed by atoms with Crippen LogP contribution >= 0.6 is 11.6 Å². The van der Waals surface area contributed by atoms with Gasteiger partial charge < -0.3 is 5.11 Å². The standard InChI is InChI=1S/C15H21ClFNO3S/c1-2-15(11-19)5-7-18(8-6-15)22(20,21)10-12-9-13(16)3-4-14(12)17/h3-4,9,19H,2,5-8,10-11H2,1H3. The van der Waals surface area contributed by atoms with Crippen LogP contribution in [-0.2, 0) is 15.8 Å². The zero-order chi connectivity index (χ0) is 16.4. The van der Waals surface area contributed by atoms with Crippen LogP contribution in [0.25, 0.3) is 0 Å². The van der Waals surface area contributed by atoms with Crippen LogP contribution in [0, 0.1) is 11.2 Å². The minimum absolute atomic E-state index is 0.0698. The molecule has 0 bridgehead atoms. The first-order chi connectivity index (χ1) is 10.3. The second-order valence-corrected chi connectivity index (χ2v) is 8.31. The average molecular weight is 350 g/mol. The van der Waals surface area contributed by atoms with Crippen LogP contribution in [0.3, 0.4) is 0 Å². The number of aliphatic hydroxyl groups excluding tert-OH is 1. The molecule has 0 amide bonds. The number of hydrogen-bond donors (Lipinski definition) is 1. The summed E-state index contributed by atoms with van der Waals surface area (Å²) < 4.78 is 40.0. The van der Waals surface area contributed by atoms with Crippen LogP contribution in [0.5, 0.6) is 0 Å². The van der Waals surface area contributed by atoms with E-state index in [-0.39, 0.29) is 17.6 Å². The van der Waals surface area contributed by atoms with Crippen LogP contribution in [-0.4, -0.2) is 37.5 Å². The third-order valence-corrected chi connectivity index (χ3v) is 6.67. The molecule has 0 aliphatic carbocycles. The van der Waals surface area contributed by atoms with Gasteiger partial charge in [-0.1, -0.05) is 18.5 Å². The summed E-state index contributed by atoms with van der Waals surface area (Å²) in [6.45, 7) is 2.79. The van der Waals surface area contributed by atoms with E-state index in [0.717, 1.165) is 6.42 Å². The highest BCUT2D eigenvalue weighted by molar-refractivity contribution is 7.88. The molecule has 0 unspecified atom stereocenters. The first-order valence-corrected chi connectivity index (χ1v) is 9.33. The number of sulfonamides is 1. The zero-order valence-corrected chi connectivity index (χ0v) is 14.1. The van der Waals surface area contributed by atoms with Crippen molar-refractivity contribution in [2.75, 3.05) is 19.7 Å². The van der Waals surface area contributed by atoms with Crippen molar-refractivity contribution in [2.24, 2.45) is 5.41 Å². The fourth-order valence-corrected chi connectivity index (χ4v) is 4.53. The van der Waals surface area contributed by atoms with Gasteiger partial charge in [-0.2, -0.15) is 0 Å². The Morgan fingerprint density at radius 1 is 1.36 bits per heavy atom. The lowest BCUT2D eigenvalue weighted by molar-refractivity contribution is 0.0647. The summed E-state index contributed by atoms with van der Waals surface area (Å²) >= 11 is 5.80. The first kappa shape index (κ1) is 17.7. The molecule has 0 spiro atoms. The third kappa shape index (κ3) is 3.79. The molecule has 1 aromatic rings. The van der Waals surface area contributed by atoms with Crippen molar-refractivity contribution in [3.63, 3.8) is 0 Å². The Labute approximate surface area is 135 Å². The molecule has 1 aliphatic rings. The normalized spacial score (nSPS) is 19.3. The zero-order valence-electron chi connectivity index (χ0n) is 12.6. The van der Waals surface area contributed by atoms with Crippen LogP contribution in [0.15, 0.2) is 18.2 Å². The molecule has 7 heteroatoms. The molecule has 124 valence electrons. The maximum Gasteiger partial charge on any atom is 0.218 e. The van der Waals surface area contributed by atoms with Crippen molar-refractivity contribution in [1.82, 2.24) is 4.31 Å². The third-order valence-electron chi connectivity index (χ3n) is 4.61. The molecule has 2 rings (SSSR count). The van der Waals surface area contributed by atoms with Gasteiger partial charge in [0.2, 0.25) is 10.0 Å². The van der Waals surface area contributed by atoms with Crippen LogP contribution in [0.4, 0.5) is 4.39 Å². The van der Waals surface area contributed by atoms with E-state index < -0.39 is 21.6 Å². The monoisotopic (exact) mass is 349 g/mol. The van der Waals surface area contributed by atoms with E-state index in [9.17, 15) is 17.9 Å². The highest BCUT2D eigenvalue weighted by Crippen LogP contribution is 2.35. The van der Waals surface area contributed by atoms with Gasteiger partial charge in [0, 0.05) is 30.3 Å². The van der Waals surface area contributed by atoms with Gasteiger partial charge >= 0.3 is 0 Å². The number of halogens is 2. The van der Waals surface area contributed by atoms with Crippen LogP contribution < -0.4 is 0 Å². The number of piperidine rings is 1. The fourth-order valence-electron chi connectivity index (χ4n) is 2.80. The van der Waals surface area contributed by atoms with E-state index >= 15 is 0 Å². The maximum atomic E-state index is 13.7. The Morgan fingerprint density at radius 3 is 2.55 bits per heavy atom. The molecule has 1 heterocycles. The number of rotatable bonds is 5. The molecule has 22 heavy (non-hydrogen) atoms. The predicted octanol–water partition coefficient (Wildman–Crippen LogP) is 2.79. The van der Waals surface area contributed by atoms with Gasteiger partial charge in [0.05, 0.1) is 5.75 Å². The van der Waals surface area contributed by atoms with Crippen molar-refractivity contribution < 1.29 is 17.9 Å². The molecular formula is C15H21ClFNO3S. The highest BCUT2D eigenvalue weighted by Gasteiger charge is 2.36. The summed E-state index contributed by atoms with van der Waals surface area (Å²) in [6, 6.07) is 3.92. The second kappa shape index (κ2) is 6.83. The SMILES string of the molecule is CCC1(CO)CCN(S(=O)(=O)Cc2cc(Cl)ccc2F)CC1. The van der Waals surface area contributed by atoms with Crippen molar-refractivity contribution in [3.8, 4) is 0 Å². The first-order valence-electron chi connectivity index (χ1n) is 7.34. The minimum atomic E-state index is -3.59. The Morgan fingerprint density at radius 2 is 2.00 bits per heavy atom. The fraction of sp³-hybridized carbons (Fsp3) is 0.600.